The first kappa shape index (κ1) is 14.3. The fourth-order valence-electron chi connectivity index (χ4n) is 1.53. The molecule has 0 saturated carbocycles. The molecule has 0 saturated heterocycles. The minimum Gasteiger partial charge on any atom is -0.423 e. The van der Waals surface area contributed by atoms with E-state index in [1.54, 1.807) is 48.5 Å². The van der Waals surface area contributed by atoms with Crippen molar-refractivity contribution >= 4 is 18.2 Å². The van der Waals surface area contributed by atoms with Crippen LogP contribution < -0.4 is 15.9 Å². The molecule has 2 rings (SSSR count). The van der Waals surface area contributed by atoms with Crippen LogP contribution >= 0.6 is 0 Å². The van der Waals surface area contributed by atoms with E-state index in [2.05, 4.69) is 10.5 Å². The van der Waals surface area contributed by atoms with Crippen molar-refractivity contribution in [1.82, 2.24) is 5.43 Å². The topological polar surface area (TPSA) is 93.8 Å². The van der Waals surface area contributed by atoms with E-state index in [4.69, 9.17) is 10.5 Å². The number of nitrogens with two attached hydrogens (primary N) is 1. The fraction of sp³-hybridized carbons (Fsp3) is 0. The Bertz CT molecular complexity index is 652. The fourth-order valence-corrected chi connectivity index (χ4v) is 1.53. The van der Waals surface area contributed by atoms with Crippen molar-refractivity contribution in [3.63, 3.8) is 0 Å². The first-order chi connectivity index (χ1) is 10.1. The molecule has 0 bridgehead atoms. The Hall–Kier alpha value is -3.15. The van der Waals surface area contributed by atoms with Gasteiger partial charge < -0.3 is 10.5 Å². The number of nitrogens with one attached hydrogen (secondary N) is 1. The number of ether oxygens (including phenoxy) is 1. The highest BCUT2D eigenvalue weighted by molar-refractivity contribution is 5.91. The second-order valence-corrected chi connectivity index (χ2v) is 4.06. The van der Waals surface area contributed by atoms with E-state index >= 15 is 0 Å². The number of primary amides is 1. The summed E-state index contributed by atoms with van der Waals surface area (Å²) in [6.07, 6.45) is 1.42. The molecule has 2 aromatic rings. The van der Waals surface area contributed by atoms with Crippen LogP contribution in [-0.2, 0) is 0 Å². The van der Waals surface area contributed by atoms with Gasteiger partial charge in [-0.3, -0.25) is 0 Å². The number of hydrogen-bond donors (Lipinski definition) is 2. The van der Waals surface area contributed by atoms with Crippen LogP contribution in [0.25, 0.3) is 0 Å². The van der Waals surface area contributed by atoms with Crippen molar-refractivity contribution in [1.29, 1.82) is 0 Å². The number of nitrogens with zero attached hydrogens (tertiary/aromatic N) is 1. The third-order valence-electron chi connectivity index (χ3n) is 2.49. The van der Waals surface area contributed by atoms with Gasteiger partial charge in [-0.25, -0.2) is 15.0 Å². The normalized spacial score (nSPS) is 10.3. The average molecular weight is 283 g/mol. The summed E-state index contributed by atoms with van der Waals surface area (Å²) < 4.78 is 5.22. The lowest BCUT2D eigenvalue weighted by Gasteiger charge is -2.04. The quantitative estimate of drug-likeness (QED) is 0.388. The molecular weight excluding hydrogens is 270 g/mol. The number of amides is 2. The summed E-state index contributed by atoms with van der Waals surface area (Å²) >= 11 is 0. The molecule has 2 aromatic carbocycles. The van der Waals surface area contributed by atoms with Crippen LogP contribution in [0, 0.1) is 0 Å². The Kier molecular flexibility index (Phi) is 4.66. The first-order valence-electron chi connectivity index (χ1n) is 6.11. The third kappa shape index (κ3) is 4.46. The Morgan fingerprint density at radius 1 is 1.05 bits per heavy atom. The molecule has 0 atom stereocenters. The van der Waals surface area contributed by atoms with Crippen LogP contribution in [0.5, 0.6) is 5.75 Å². The van der Waals surface area contributed by atoms with Gasteiger partial charge in [0.2, 0.25) is 0 Å². The summed E-state index contributed by atoms with van der Waals surface area (Å²) in [7, 11) is 0. The molecular formula is C15H13N3O3. The van der Waals surface area contributed by atoms with Gasteiger partial charge in [-0.2, -0.15) is 5.10 Å². The van der Waals surface area contributed by atoms with Gasteiger partial charge in [0.15, 0.2) is 0 Å². The van der Waals surface area contributed by atoms with E-state index in [-0.39, 0.29) is 0 Å². The minimum atomic E-state index is -0.736. The summed E-state index contributed by atoms with van der Waals surface area (Å²) in [6, 6.07) is 14.6. The lowest BCUT2D eigenvalue weighted by atomic mass is 10.2. The van der Waals surface area contributed by atoms with E-state index in [1.165, 1.54) is 6.21 Å². The minimum absolute atomic E-state index is 0.420. The van der Waals surface area contributed by atoms with Crippen LogP contribution in [0.1, 0.15) is 15.9 Å². The largest absolute Gasteiger partial charge is 0.423 e. The zero-order valence-corrected chi connectivity index (χ0v) is 11.0. The molecule has 0 radical (unpaired) electrons. The molecule has 21 heavy (non-hydrogen) atoms. The average Bonchev–Trinajstić information content (AvgIpc) is 2.49. The summed E-state index contributed by atoms with van der Waals surface area (Å²) in [6.45, 7) is 0. The Labute approximate surface area is 121 Å². The van der Waals surface area contributed by atoms with Crippen molar-refractivity contribution in [3.8, 4) is 5.75 Å². The van der Waals surface area contributed by atoms with Crippen LogP contribution in [0.4, 0.5) is 4.79 Å². The van der Waals surface area contributed by atoms with Crippen molar-refractivity contribution in [2.24, 2.45) is 10.8 Å². The zero-order chi connectivity index (χ0) is 15.1. The lowest BCUT2D eigenvalue weighted by Crippen LogP contribution is -2.24. The third-order valence-corrected chi connectivity index (χ3v) is 2.49. The van der Waals surface area contributed by atoms with Crippen molar-refractivity contribution in [3.05, 3.63) is 65.7 Å². The van der Waals surface area contributed by atoms with Gasteiger partial charge in [0, 0.05) is 0 Å². The van der Waals surface area contributed by atoms with Crippen LogP contribution in [-0.4, -0.2) is 18.2 Å². The molecule has 0 spiro atoms. The zero-order valence-electron chi connectivity index (χ0n) is 11.0. The van der Waals surface area contributed by atoms with Gasteiger partial charge in [-0.15, -0.1) is 0 Å². The molecule has 0 aromatic heterocycles. The van der Waals surface area contributed by atoms with E-state index < -0.39 is 12.0 Å². The summed E-state index contributed by atoms with van der Waals surface area (Å²) in [4.78, 5) is 22.3. The summed E-state index contributed by atoms with van der Waals surface area (Å²) in [5, 5.41) is 3.62. The number of carbonyl (C=O) groups excluding carboxylic acids is 2. The molecule has 2 amide bonds. The molecule has 0 fully saturated rings. The van der Waals surface area contributed by atoms with Gasteiger partial charge in [-0.1, -0.05) is 18.2 Å². The van der Waals surface area contributed by atoms with Gasteiger partial charge in [0.25, 0.3) is 0 Å². The first-order valence-corrected chi connectivity index (χ1v) is 6.11. The summed E-state index contributed by atoms with van der Waals surface area (Å²) in [5.74, 6) is -0.00345. The highest BCUT2D eigenvalue weighted by atomic mass is 16.5. The van der Waals surface area contributed by atoms with E-state index in [0.29, 0.717) is 11.3 Å². The molecule has 6 heteroatoms. The lowest BCUT2D eigenvalue weighted by molar-refractivity contribution is 0.0734. The second kappa shape index (κ2) is 6.85. The highest BCUT2D eigenvalue weighted by Gasteiger charge is 2.07. The second-order valence-electron chi connectivity index (χ2n) is 4.06. The molecule has 0 unspecified atom stereocenters. The molecule has 3 N–H and O–H groups in total. The van der Waals surface area contributed by atoms with E-state index in [1.807, 2.05) is 6.07 Å². The number of rotatable bonds is 4. The van der Waals surface area contributed by atoms with Gasteiger partial charge >= 0.3 is 12.0 Å². The van der Waals surface area contributed by atoms with Gasteiger partial charge in [0.1, 0.15) is 5.75 Å². The molecule has 6 nitrogen and oxygen atoms in total. The predicted molar refractivity (Wildman–Crippen MR) is 78.2 cm³/mol. The van der Waals surface area contributed by atoms with E-state index in [9.17, 15) is 9.59 Å². The van der Waals surface area contributed by atoms with Gasteiger partial charge in [-0.05, 0) is 42.0 Å². The Balaban J connectivity index is 1.98. The molecule has 0 aliphatic rings. The predicted octanol–water partition coefficient (Wildman–Crippen LogP) is 1.91. The van der Waals surface area contributed by atoms with Crippen LogP contribution in [0.15, 0.2) is 59.7 Å². The number of hydrazone groups is 1. The van der Waals surface area contributed by atoms with Crippen molar-refractivity contribution < 1.29 is 14.3 Å². The maximum Gasteiger partial charge on any atom is 0.343 e. The van der Waals surface area contributed by atoms with Crippen LogP contribution in [0.3, 0.4) is 0 Å². The number of benzene rings is 2. The number of esters is 1. The van der Waals surface area contributed by atoms with Gasteiger partial charge in [0.05, 0.1) is 11.8 Å². The van der Waals surface area contributed by atoms with Crippen LogP contribution in [0.2, 0.25) is 0 Å². The molecule has 0 heterocycles. The van der Waals surface area contributed by atoms with Crippen molar-refractivity contribution in [2.75, 3.05) is 0 Å². The monoisotopic (exact) mass is 283 g/mol. The number of urea groups is 1. The smallest absolute Gasteiger partial charge is 0.343 e. The van der Waals surface area contributed by atoms with Crippen molar-refractivity contribution in [2.45, 2.75) is 0 Å². The maximum atomic E-state index is 11.8. The molecule has 0 aliphatic carbocycles. The Morgan fingerprint density at radius 3 is 2.33 bits per heavy atom. The molecule has 106 valence electrons. The standard InChI is InChI=1S/C15H13N3O3/c16-15(20)18-17-10-11-6-8-13(9-7-11)21-14(19)12-4-2-1-3-5-12/h1-10H,(H3,16,18,20)/b17-10+. The SMILES string of the molecule is NC(=O)N/N=C/c1ccc(OC(=O)c2ccccc2)cc1. The molecule has 0 aliphatic heterocycles. The maximum absolute atomic E-state index is 11.8. The van der Waals surface area contributed by atoms with E-state index in [0.717, 1.165) is 5.56 Å². The highest BCUT2D eigenvalue weighted by Crippen LogP contribution is 2.13. The number of carbonyl (C=O) groups is 2. The Morgan fingerprint density at radius 2 is 1.71 bits per heavy atom. The number of hydrogen-bond acceptors (Lipinski definition) is 4. The summed E-state index contributed by atoms with van der Waals surface area (Å²) in [5.41, 5.74) is 8.16.